The first-order valence-corrected chi connectivity index (χ1v) is 7.00. The van der Waals surface area contributed by atoms with Gasteiger partial charge in [0, 0.05) is 12.5 Å². The summed E-state index contributed by atoms with van der Waals surface area (Å²) in [7, 11) is 2.22. The summed E-state index contributed by atoms with van der Waals surface area (Å²) in [5.41, 5.74) is 2.86. The molecule has 0 spiro atoms. The van der Waals surface area contributed by atoms with Crippen LogP contribution in [0, 0.1) is 6.92 Å². The third-order valence-corrected chi connectivity index (χ3v) is 3.44. The largest absolute Gasteiger partial charge is 0.303 e. The highest BCUT2D eigenvalue weighted by Crippen LogP contribution is 2.30. The summed E-state index contributed by atoms with van der Waals surface area (Å²) in [6.07, 6.45) is 6.71. The van der Waals surface area contributed by atoms with Crippen LogP contribution in [0.25, 0.3) is 0 Å². The quantitative estimate of drug-likeness (QED) is 0.464. The van der Waals surface area contributed by atoms with Crippen molar-refractivity contribution in [2.45, 2.75) is 38.6 Å². The number of aryl methyl sites for hydroxylation is 1. The van der Waals surface area contributed by atoms with Crippen molar-refractivity contribution in [3.8, 4) is 0 Å². The predicted molar refractivity (Wildman–Crippen MR) is 81.3 cm³/mol. The Labute approximate surface area is 117 Å². The van der Waals surface area contributed by atoms with Crippen molar-refractivity contribution in [1.82, 2.24) is 4.90 Å². The maximum atomic E-state index is 9.52. The van der Waals surface area contributed by atoms with Gasteiger partial charge in [-0.3, -0.25) is 4.90 Å². The van der Waals surface area contributed by atoms with E-state index in [2.05, 4.69) is 49.7 Å². The molecule has 0 saturated carbocycles. The van der Waals surface area contributed by atoms with Crippen LogP contribution in [0.5, 0.6) is 0 Å². The summed E-state index contributed by atoms with van der Waals surface area (Å²) in [4.78, 5) is 12.0. The number of rotatable bonds is 4. The van der Waals surface area contributed by atoms with Crippen LogP contribution in [0.15, 0.2) is 36.9 Å². The number of benzene rings is 1. The third kappa shape index (κ3) is 5.39. The highest BCUT2D eigenvalue weighted by Gasteiger charge is 2.21. The average Bonchev–Trinajstić information content (AvgIpc) is 2.83. The van der Waals surface area contributed by atoms with E-state index < -0.39 is 0 Å². The summed E-state index contributed by atoms with van der Waals surface area (Å²) in [5, 5.41) is 0. The zero-order valence-corrected chi connectivity index (χ0v) is 12.1. The smallest absolute Gasteiger partial charge is 0.120 e. The summed E-state index contributed by atoms with van der Waals surface area (Å²) >= 11 is 0. The van der Waals surface area contributed by atoms with Crippen molar-refractivity contribution in [2.24, 2.45) is 0 Å². The monoisotopic (exact) mass is 259 g/mol. The molecule has 0 aliphatic carbocycles. The van der Waals surface area contributed by atoms with E-state index in [9.17, 15) is 4.79 Å². The standard InChI is InChI=1S/C12H17N.C5H8O/c1-10-5-3-6-11(9-10)12-7-4-8-13(12)2;1-2-3-4-5-6/h3,5-6,9,12H,4,7-8H2,1-2H3;2,5H,1,3-4H2. The van der Waals surface area contributed by atoms with Crippen molar-refractivity contribution >= 4 is 6.29 Å². The van der Waals surface area contributed by atoms with Crippen LogP contribution in [0.4, 0.5) is 0 Å². The molecule has 19 heavy (non-hydrogen) atoms. The number of unbranched alkanes of at least 4 members (excludes halogenated alkanes) is 1. The maximum absolute atomic E-state index is 9.52. The van der Waals surface area contributed by atoms with Crippen molar-refractivity contribution in [3.05, 3.63) is 48.0 Å². The second-order valence-corrected chi connectivity index (χ2v) is 5.09. The number of carbonyl (C=O) groups is 1. The van der Waals surface area contributed by atoms with Gasteiger partial charge in [0.05, 0.1) is 0 Å². The third-order valence-electron chi connectivity index (χ3n) is 3.44. The van der Waals surface area contributed by atoms with Crippen LogP contribution < -0.4 is 0 Å². The minimum atomic E-state index is 0.615. The first-order chi connectivity index (χ1) is 9.19. The Morgan fingerprint density at radius 3 is 2.68 bits per heavy atom. The van der Waals surface area contributed by atoms with Gasteiger partial charge in [-0.05, 0) is 45.3 Å². The fourth-order valence-electron chi connectivity index (χ4n) is 2.39. The molecule has 0 amide bonds. The van der Waals surface area contributed by atoms with E-state index in [4.69, 9.17) is 0 Å². The fraction of sp³-hybridized carbons (Fsp3) is 0.471. The molecule has 0 N–H and O–H groups in total. The minimum absolute atomic E-state index is 0.615. The van der Waals surface area contributed by atoms with E-state index in [1.165, 1.54) is 30.5 Å². The second-order valence-electron chi connectivity index (χ2n) is 5.09. The van der Waals surface area contributed by atoms with Gasteiger partial charge < -0.3 is 4.79 Å². The van der Waals surface area contributed by atoms with Gasteiger partial charge in [0.15, 0.2) is 0 Å². The first kappa shape index (κ1) is 15.6. The average molecular weight is 259 g/mol. The van der Waals surface area contributed by atoms with Gasteiger partial charge in [-0.15, -0.1) is 6.58 Å². The van der Waals surface area contributed by atoms with Gasteiger partial charge >= 0.3 is 0 Å². The van der Waals surface area contributed by atoms with E-state index in [1.807, 2.05) is 0 Å². The molecule has 1 aliphatic heterocycles. The number of nitrogens with zero attached hydrogens (tertiary/aromatic N) is 1. The van der Waals surface area contributed by atoms with E-state index in [-0.39, 0.29) is 0 Å². The predicted octanol–water partition coefficient (Wildman–Crippen LogP) is 3.91. The lowest BCUT2D eigenvalue weighted by atomic mass is 10.0. The molecule has 1 aliphatic rings. The molecule has 1 unspecified atom stereocenters. The molecule has 1 fully saturated rings. The van der Waals surface area contributed by atoms with E-state index in [0.717, 1.165) is 12.7 Å². The Morgan fingerprint density at radius 1 is 1.42 bits per heavy atom. The number of aldehydes is 1. The molecule has 2 nitrogen and oxygen atoms in total. The Bertz CT molecular complexity index is 392. The number of hydrogen-bond acceptors (Lipinski definition) is 2. The van der Waals surface area contributed by atoms with Gasteiger partial charge in [-0.1, -0.05) is 35.9 Å². The molecule has 1 atom stereocenters. The van der Waals surface area contributed by atoms with E-state index in [1.54, 1.807) is 6.08 Å². The molecule has 0 aromatic heterocycles. The summed E-state index contributed by atoms with van der Waals surface area (Å²) in [6, 6.07) is 9.56. The Morgan fingerprint density at radius 2 is 2.21 bits per heavy atom. The van der Waals surface area contributed by atoms with Gasteiger partial charge in [0.1, 0.15) is 6.29 Å². The Kier molecular flexibility index (Phi) is 7.12. The molecule has 104 valence electrons. The van der Waals surface area contributed by atoms with Gasteiger partial charge in [0.25, 0.3) is 0 Å². The zero-order chi connectivity index (χ0) is 14.1. The highest BCUT2D eigenvalue weighted by atomic mass is 16.1. The van der Waals surface area contributed by atoms with Crippen molar-refractivity contribution in [2.75, 3.05) is 13.6 Å². The fourth-order valence-corrected chi connectivity index (χ4v) is 2.39. The summed E-state index contributed by atoms with van der Waals surface area (Å²) in [5.74, 6) is 0. The van der Waals surface area contributed by atoms with Crippen LogP contribution in [-0.2, 0) is 4.79 Å². The lowest BCUT2D eigenvalue weighted by Gasteiger charge is -2.19. The molecule has 2 heteroatoms. The number of likely N-dealkylation sites (tertiary alicyclic amines) is 1. The van der Waals surface area contributed by atoms with Gasteiger partial charge in [0.2, 0.25) is 0 Å². The van der Waals surface area contributed by atoms with Crippen LogP contribution in [0.1, 0.15) is 42.9 Å². The van der Waals surface area contributed by atoms with Gasteiger partial charge in [-0.25, -0.2) is 0 Å². The zero-order valence-electron chi connectivity index (χ0n) is 12.1. The summed E-state index contributed by atoms with van der Waals surface area (Å²) in [6.45, 7) is 6.85. The lowest BCUT2D eigenvalue weighted by Crippen LogP contribution is -2.17. The second kappa shape index (κ2) is 8.65. The van der Waals surface area contributed by atoms with E-state index >= 15 is 0 Å². The molecule has 0 radical (unpaired) electrons. The molecule has 1 aromatic rings. The van der Waals surface area contributed by atoms with Gasteiger partial charge in [-0.2, -0.15) is 0 Å². The van der Waals surface area contributed by atoms with E-state index in [0.29, 0.717) is 12.5 Å². The highest BCUT2D eigenvalue weighted by molar-refractivity contribution is 5.49. The van der Waals surface area contributed by atoms with Crippen LogP contribution in [-0.4, -0.2) is 24.8 Å². The number of allylic oxidation sites excluding steroid dienone is 1. The van der Waals surface area contributed by atoms with Crippen LogP contribution in [0.2, 0.25) is 0 Å². The minimum Gasteiger partial charge on any atom is -0.303 e. The molecule has 2 rings (SSSR count). The Balaban J connectivity index is 0.000000258. The molecular formula is C17H25NO. The van der Waals surface area contributed by atoms with Crippen molar-refractivity contribution < 1.29 is 4.79 Å². The molecular weight excluding hydrogens is 234 g/mol. The van der Waals surface area contributed by atoms with Crippen molar-refractivity contribution in [1.29, 1.82) is 0 Å². The Hall–Kier alpha value is -1.41. The van der Waals surface area contributed by atoms with Crippen LogP contribution in [0.3, 0.4) is 0 Å². The first-order valence-electron chi connectivity index (χ1n) is 7.00. The summed E-state index contributed by atoms with van der Waals surface area (Å²) < 4.78 is 0. The maximum Gasteiger partial charge on any atom is 0.120 e. The molecule has 1 heterocycles. The molecule has 1 saturated heterocycles. The normalized spacial score (nSPS) is 18.5. The lowest BCUT2D eigenvalue weighted by molar-refractivity contribution is -0.107. The number of carbonyl (C=O) groups excluding carboxylic acids is 1. The number of hydrogen-bond donors (Lipinski definition) is 0. The molecule has 0 bridgehead atoms. The molecule has 1 aromatic carbocycles. The topological polar surface area (TPSA) is 20.3 Å². The van der Waals surface area contributed by atoms with Crippen molar-refractivity contribution in [3.63, 3.8) is 0 Å². The van der Waals surface area contributed by atoms with Crippen LogP contribution >= 0.6 is 0 Å². The SMILES string of the molecule is C=CCCC=O.Cc1cccc(C2CCCN2C)c1.